The molecule has 0 bridgehead atoms. The Bertz CT molecular complexity index is 1050. The topological polar surface area (TPSA) is 70.8 Å². The fraction of sp³-hybridized carbons (Fsp3) is 0.105. The Labute approximate surface area is 164 Å². The summed E-state index contributed by atoms with van der Waals surface area (Å²) < 4.78 is 14.8. The van der Waals surface area contributed by atoms with Crippen molar-refractivity contribution in [3.8, 4) is 5.69 Å². The van der Waals surface area contributed by atoms with Crippen LogP contribution in [0.1, 0.15) is 11.1 Å². The van der Waals surface area contributed by atoms with Gasteiger partial charge in [0, 0.05) is 24.0 Å². The summed E-state index contributed by atoms with van der Waals surface area (Å²) in [5.74, 6) is 0.427. The zero-order chi connectivity index (χ0) is 19.4. The predicted octanol–water partition coefficient (Wildman–Crippen LogP) is 4.36. The van der Waals surface area contributed by atoms with Gasteiger partial charge in [0.25, 0.3) is 5.56 Å². The zero-order valence-corrected chi connectivity index (χ0v) is 15.9. The number of anilines is 1. The zero-order valence-electron chi connectivity index (χ0n) is 14.4. The number of nitrogens with zero attached hydrogens (tertiary/aromatic N) is 2. The van der Waals surface area contributed by atoms with Gasteiger partial charge in [0.2, 0.25) is 0 Å². The van der Waals surface area contributed by atoms with Gasteiger partial charge in [-0.1, -0.05) is 41.6 Å². The lowest BCUT2D eigenvalue weighted by atomic mass is 10.2. The molecular formula is C19H16ClFN4OS. The molecule has 0 aliphatic heterocycles. The van der Waals surface area contributed by atoms with Gasteiger partial charge in [0.05, 0.1) is 5.69 Å². The molecule has 0 saturated carbocycles. The number of rotatable bonds is 6. The lowest BCUT2D eigenvalue weighted by molar-refractivity contribution is 0.626. The molecule has 3 rings (SSSR count). The Morgan fingerprint density at radius 2 is 2.07 bits per heavy atom. The molecule has 0 aliphatic rings. The minimum atomic E-state index is -0.381. The number of nitrogens with one attached hydrogen (secondary N) is 2. The van der Waals surface area contributed by atoms with Crippen LogP contribution >= 0.6 is 23.4 Å². The van der Waals surface area contributed by atoms with Gasteiger partial charge in [-0.05, 0) is 35.9 Å². The van der Waals surface area contributed by atoms with Crippen molar-refractivity contribution in [2.24, 2.45) is 0 Å². The van der Waals surface area contributed by atoms with Crippen LogP contribution < -0.4 is 10.9 Å². The van der Waals surface area contributed by atoms with E-state index < -0.39 is 0 Å². The number of benzene rings is 2. The van der Waals surface area contributed by atoms with Crippen molar-refractivity contribution in [3.63, 3.8) is 0 Å². The van der Waals surface area contributed by atoms with Crippen LogP contribution in [0.4, 0.5) is 10.2 Å². The molecule has 0 fully saturated rings. The fourth-order valence-electron chi connectivity index (χ4n) is 2.55. The highest BCUT2D eigenvalue weighted by molar-refractivity contribution is 7.98. The van der Waals surface area contributed by atoms with Crippen molar-refractivity contribution in [2.45, 2.75) is 10.9 Å². The maximum atomic E-state index is 13.4. The summed E-state index contributed by atoms with van der Waals surface area (Å²) >= 11 is 7.38. The molecule has 0 atom stereocenters. The SMILES string of the molecule is CNc1nc(SCc2cccc(F)c2)n(-c2cccc(Cl)c2)c(=O)c1C=N. The molecule has 2 aromatic carbocycles. The first-order valence-electron chi connectivity index (χ1n) is 8.02. The van der Waals surface area contributed by atoms with Gasteiger partial charge in [0.15, 0.2) is 5.16 Å². The maximum absolute atomic E-state index is 13.4. The van der Waals surface area contributed by atoms with Crippen molar-refractivity contribution in [2.75, 3.05) is 12.4 Å². The van der Waals surface area contributed by atoms with E-state index >= 15 is 0 Å². The van der Waals surface area contributed by atoms with Crippen molar-refractivity contribution >= 4 is 35.4 Å². The standard InChI is InChI=1S/C19H16ClFN4OS/c1-23-17-16(10-22)18(26)25(15-7-3-5-13(20)9-15)19(24-17)27-11-12-4-2-6-14(21)8-12/h2-10,22-23H,11H2,1H3. The van der Waals surface area contributed by atoms with Gasteiger partial charge in [-0.2, -0.15) is 0 Å². The van der Waals surface area contributed by atoms with E-state index in [1.165, 1.54) is 28.5 Å². The molecule has 0 radical (unpaired) electrons. The molecule has 8 heteroatoms. The highest BCUT2D eigenvalue weighted by atomic mass is 35.5. The normalized spacial score (nSPS) is 10.6. The largest absolute Gasteiger partial charge is 0.372 e. The average molecular weight is 403 g/mol. The molecule has 0 unspecified atom stereocenters. The van der Waals surface area contributed by atoms with Gasteiger partial charge in [0.1, 0.15) is 17.2 Å². The number of hydrogen-bond donors (Lipinski definition) is 2. The summed E-state index contributed by atoms with van der Waals surface area (Å²) in [7, 11) is 1.64. The number of thioether (sulfide) groups is 1. The molecule has 1 aromatic heterocycles. The smallest absolute Gasteiger partial charge is 0.269 e. The number of halogens is 2. The quantitative estimate of drug-likeness (QED) is 0.365. The van der Waals surface area contributed by atoms with Crippen LogP contribution in [0.5, 0.6) is 0 Å². The minimum absolute atomic E-state index is 0.146. The van der Waals surface area contributed by atoms with Crippen LogP contribution in [0.2, 0.25) is 5.02 Å². The molecule has 138 valence electrons. The van der Waals surface area contributed by atoms with Crippen molar-refractivity contribution in [1.82, 2.24) is 9.55 Å². The average Bonchev–Trinajstić information content (AvgIpc) is 2.65. The second-order valence-electron chi connectivity index (χ2n) is 5.59. The third kappa shape index (κ3) is 4.20. The van der Waals surface area contributed by atoms with Crippen LogP contribution in [-0.2, 0) is 5.75 Å². The van der Waals surface area contributed by atoms with E-state index in [-0.39, 0.29) is 16.9 Å². The lowest BCUT2D eigenvalue weighted by Gasteiger charge is -2.15. The highest BCUT2D eigenvalue weighted by Gasteiger charge is 2.17. The Hall–Kier alpha value is -2.64. The molecule has 0 saturated heterocycles. The Morgan fingerprint density at radius 1 is 1.30 bits per heavy atom. The monoisotopic (exact) mass is 402 g/mol. The molecule has 0 spiro atoms. The summed E-state index contributed by atoms with van der Waals surface area (Å²) in [5.41, 5.74) is 1.09. The van der Waals surface area contributed by atoms with Crippen LogP contribution in [0.25, 0.3) is 5.69 Å². The van der Waals surface area contributed by atoms with Crippen molar-refractivity contribution < 1.29 is 4.39 Å². The van der Waals surface area contributed by atoms with Gasteiger partial charge >= 0.3 is 0 Å². The van der Waals surface area contributed by atoms with Crippen LogP contribution in [0.3, 0.4) is 0 Å². The molecule has 1 heterocycles. The number of aromatic nitrogens is 2. The second kappa shape index (κ2) is 8.37. The van der Waals surface area contributed by atoms with Gasteiger partial charge in [-0.3, -0.25) is 9.36 Å². The van der Waals surface area contributed by atoms with E-state index in [1.54, 1.807) is 37.4 Å². The van der Waals surface area contributed by atoms with Gasteiger partial charge in [-0.15, -0.1) is 0 Å². The summed E-state index contributed by atoms with van der Waals surface area (Å²) in [6, 6.07) is 13.1. The van der Waals surface area contributed by atoms with Crippen molar-refractivity contribution in [1.29, 1.82) is 5.41 Å². The summed E-state index contributed by atoms with van der Waals surface area (Å²) in [6.45, 7) is 0. The van der Waals surface area contributed by atoms with E-state index in [9.17, 15) is 9.18 Å². The maximum Gasteiger partial charge on any atom is 0.269 e. The first-order valence-corrected chi connectivity index (χ1v) is 9.38. The Balaban J connectivity index is 2.11. The van der Waals surface area contributed by atoms with E-state index in [0.29, 0.717) is 27.4 Å². The molecular weight excluding hydrogens is 387 g/mol. The fourth-order valence-corrected chi connectivity index (χ4v) is 3.68. The van der Waals surface area contributed by atoms with E-state index in [2.05, 4.69) is 10.3 Å². The third-order valence-corrected chi connectivity index (χ3v) is 5.04. The highest BCUT2D eigenvalue weighted by Crippen LogP contribution is 2.26. The van der Waals surface area contributed by atoms with Crippen LogP contribution in [-0.4, -0.2) is 22.8 Å². The first kappa shape index (κ1) is 19.1. The van der Waals surface area contributed by atoms with E-state index in [4.69, 9.17) is 17.0 Å². The summed E-state index contributed by atoms with van der Waals surface area (Å²) in [4.78, 5) is 17.5. The van der Waals surface area contributed by atoms with Gasteiger partial charge in [-0.25, -0.2) is 9.37 Å². The van der Waals surface area contributed by atoms with Gasteiger partial charge < -0.3 is 10.7 Å². The van der Waals surface area contributed by atoms with E-state index in [0.717, 1.165) is 11.8 Å². The molecule has 27 heavy (non-hydrogen) atoms. The second-order valence-corrected chi connectivity index (χ2v) is 6.97. The Kier molecular flexibility index (Phi) is 5.93. The van der Waals surface area contributed by atoms with Crippen molar-refractivity contribution in [3.05, 3.63) is 80.9 Å². The molecule has 3 aromatic rings. The molecule has 5 nitrogen and oxygen atoms in total. The Morgan fingerprint density at radius 3 is 2.74 bits per heavy atom. The molecule has 0 aliphatic carbocycles. The van der Waals surface area contributed by atoms with Crippen LogP contribution in [0, 0.1) is 11.2 Å². The van der Waals surface area contributed by atoms with Crippen LogP contribution in [0.15, 0.2) is 58.5 Å². The number of hydrogen-bond acceptors (Lipinski definition) is 5. The summed E-state index contributed by atoms with van der Waals surface area (Å²) in [6.07, 6.45) is 0.975. The molecule has 2 N–H and O–H groups in total. The predicted molar refractivity (Wildman–Crippen MR) is 108 cm³/mol. The lowest BCUT2D eigenvalue weighted by Crippen LogP contribution is -2.26. The third-order valence-electron chi connectivity index (χ3n) is 3.79. The molecule has 0 amide bonds. The summed E-state index contributed by atoms with van der Waals surface area (Å²) in [5, 5.41) is 11.3. The van der Waals surface area contributed by atoms with E-state index in [1.807, 2.05) is 6.07 Å². The first-order chi connectivity index (χ1) is 13.0. The minimum Gasteiger partial charge on any atom is -0.372 e.